The highest BCUT2D eigenvalue weighted by Gasteiger charge is 2.26. The summed E-state index contributed by atoms with van der Waals surface area (Å²) >= 11 is 5.62. The first-order valence-corrected chi connectivity index (χ1v) is 10.1. The quantitative estimate of drug-likeness (QED) is 0.391. The van der Waals surface area contributed by atoms with Crippen LogP contribution in [0.4, 0.5) is 0 Å². The van der Waals surface area contributed by atoms with E-state index in [-0.39, 0.29) is 17.4 Å². The first kappa shape index (κ1) is 17.1. The van der Waals surface area contributed by atoms with E-state index in [0.29, 0.717) is 11.1 Å². The predicted octanol–water partition coefficient (Wildman–Crippen LogP) is 4.93. The first-order valence-electron chi connectivity index (χ1n) is 8.16. The number of hydrogen-bond acceptors (Lipinski definition) is 3. The molecule has 3 aromatic carbocycles. The van der Waals surface area contributed by atoms with E-state index in [0.717, 1.165) is 21.9 Å². The lowest BCUT2D eigenvalue weighted by atomic mass is 10.1. The molecule has 0 saturated carbocycles. The number of benzene rings is 3. The smallest absolute Gasteiger partial charge is 0.299 e. The normalized spacial score (nSPS) is 12.0. The molecule has 4 nitrogen and oxygen atoms in total. The third kappa shape index (κ3) is 2.88. The molecule has 0 fully saturated rings. The van der Waals surface area contributed by atoms with Gasteiger partial charge >= 0.3 is 0 Å². The predicted molar refractivity (Wildman–Crippen MR) is 105 cm³/mol. The lowest BCUT2D eigenvalue weighted by Crippen LogP contribution is -2.09. The van der Waals surface area contributed by atoms with Crippen LogP contribution in [0.2, 0.25) is 0 Å². The van der Waals surface area contributed by atoms with Gasteiger partial charge in [-0.25, -0.2) is 0 Å². The molecule has 0 aliphatic heterocycles. The number of halogens is 1. The molecule has 0 radical (unpaired) electrons. The highest BCUT2D eigenvalue weighted by molar-refractivity contribution is 7.87. The lowest BCUT2D eigenvalue weighted by molar-refractivity contribution is 0.341. The highest BCUT2D eigenvalue weighted by atomic mass is 35.5. The van der Waals surface area contributed by atoms with Gasteiger partial charge in [0, 0.05) is 16.7 Å². The molecule has 26 heavy (non-hydrogen) atoms. The van der Waals surface area contributed by atoms with Gasteiger partial charge in [-0.3, -0.25) is 4.18 Å². The Labute approximate surface area is 156 Å². The Kier molecular flexibility index (Phi) is 4.44. The van der Waals surface area contributed by atoms with Crippen molar-refractivity contribution in [3.05, 3.63) is 66.7 Å². The Morgan fingerprint density at radius 3 is 2.38 bits per heavy atom. The maximum Gasteiger partial charge on any atom is 0.299 e. The van der Waals surface area contributed by atoms with Crippen molar-refractivity contribution in [1.29, 1.82) is 0 Å². The number of H-pyrrole nitrogens is 1. The summed E-state index contributed by atoms with van der Waals surface area (Å²) in [6, 6.07) is 21.0. The molecule has 6 heteroatoms. The minimum atomic E-state index is -3.97. The van der Waals surface area contributed by atoms with E-state index in [9.17, 15) is 8.42 Å². The number of aromatic amines is 1. The Balaban J connectivity index is 2.08. The van der Waals surface area contributed by atoms with Gasteiger partial charge in [0.2, 0.25) is 0 Å². The second-order valence-corrected chi connectivity index (χ2v) is 7.80. The van der Waals surface area contributed by atoms with Crippen LogP contribution in [0, 0.1) is 0 Å². The lowest BCUT2D eigenvalue weighted by Gasteiger charge is -2.07. The maximum atomic E-state index is 12.9. The van der Waals surface area contributed by atoms with Gasteiger partial charge in [-0.2, -0.15) is 8.42 Å². The van der Waals surface area contributed by atoms with Gasteiger partial charge in [-0.15, -0.1) is 11.6 Å². The van der Waals surface area contributed by atoms with Crippen molar-refractivity contribution in [3.63, 3.8) is 0 Å². The first-order chi connectivity index (χ1) is 12.6. The summed E-state index contributed by atoms with van der Waals surface area (Å²) in [6.45, 7) is -0.0711. The zero-order chi connectivity index (χ0) is 18.1. The molecule has 0 aliphatic carbocycles. The van der Waals surface area contributed by atoms with Crippen LogP contribution < -0.4 is 0 Å². The summed E-state index contributed by atoms with van der Waals surface area (Å²) in [5, 5.41) is 2.60. The van der Waals surface area contributed by atoms with E-state index < -0.39 is 10.1 Å². The van der Waals surface area contributed by atoms with E-state index in [2.05, 4.69) is 4.98 Å². The number of rotatable bonds is 5. The number of alkyl halides is 1. The molecule has 1 N–H and O–H groups in total. The van der Waals surface area contributed by atoms with Crippen LogP contribution >= 0.6 is 11.6 Å². The number of nitrogens with one attached hydrogen (secondary N) is 1. The Morgan fingerprint density at radius 1 is 0.885 bits per heavy atom. The Bertz CT molecular complexity index is 1180. The fraction of sp³-hybridized carbons (Fsp3) is 0.100. The second-order valence-electron chi connectivity index (χ2n) is 5.87. The van der Waals surface area contributed by atoms with E-state index in [1.54, 1.807) is 0 Å². The van der Waals surface area contributed by atoms with Gasteiger partial charge < -0.3 is 4.98 Å². The summed E-state index contributed by atoms with van der Waals surface area (Å²) in [7, 11) is -3.97. The third-order valence-electron chi connectivity index (χ3n) is 4.28. The number of hydrogen-bond donors (Lipinski definition) is 1. The van der Waals surface area contributed by atoms with Crippen LogP contribution in [0.3, 0.4) is 0 Å². The molecule has 0 spiro atoms. The third-order valence-corrected chi connectivity index (χ3v) is 5.83. The molecule has 1 heterocycles. The van der Waals surface area contributed by atoms with Crippen molar-refractivity contribution in [2.45, 2.75) is 4.90 Å². The van der Waals surface area contributed by atoms with Crippen molar-refractivity contribution in [2.24, 2.45) is 0 Å². The standard InChI is InChI=1S/C20H16ClNO3S/c21-12-13-25-26(23,24)20-17-11-10-14-6-4-5-9-16(14)19(17)22-18(20)15-7-2-1-3-8-15/h1-11,22H,12-13H2. The van der Waals surface area contributed by atoms with Gasteiger partial charge in [-0.1, -0.05) is 66.7 Å². The molecule has 4 rings (SSSR count). The molecule has 1 aromatic heterocycles. The van der Waals surface area contributed by atoms with Gasteiger partial charge in [0.15, 0.2) is 0 Å². The van der Waals surface area contributed by atoms with Gasteiger partial charge in [0.05, 0.1) is 17.8 Å². The van der Waals surface area contributed by atoms with Crippen LogP contribution in [0.5, 0.6) is 0 Å². The van der Waals surface area contributed by atoms with Crippen LogP contribution in [0.15, 0.2) is 71.6 Å². The second kappa shape index (κ2) is 6.76. The van der Waals surface area contributed by atoms with Crippen LogP contribution in [-0.4, -0.2) is 25.9 Å². The molecule has 0 saturated heterocycles. The van der Waals surface area contributed by atoms with E-state index in [1.165, 1.54) is 0 Å². The molecule has 0 aliphatic rings. The Hall–Kier alpha value is -2.34. The number of fused-ring (bicyclic) bond motifs is 3. The summed E-state index contributed by atoms with van der Waals surface area (Å²) in [5.41, 5.74) is 2.07. The van der Waals surface area contributed by atoms with Crippen molar-refractivity contribution < 1.29 is 12.6 Å². The number of aromatic nitrogens is 1. The fourth-order valence-electron chi connectivity index (χ4n) is 3.18. The molecule has 132 valence electrons. The minimum Gasteiger partial charge on any atom is -0.353 e. The van der Waals surface area contributed by atoms with E-state index in [4.69, 9.17) is 15.8 Å². The zero-order valence-corrected chi connectivity index (χ0v) is 15.3. The van der Waals surface area contributed by atoms with Gasteiger partial charge in [-0.05, 0) is 10.9 Å². The zero-order valence-electron chi connectivity index (χ0n) is 13.8. The monoisotopic (exact) mass is 385 g/mol. The largest absolute Gasteiger partial charge is 0.353 e. The van der Waals surface area contributed by atoms with Crippen molar-refractivity contribution in [3.8, 4) is 11.3 Å². The molecular formula is C20H16ClNO3S. The molecule has 0 unspecified atom stereocenters. The molecule has 0 bridgehead atoms. The minimum absolute atomic E-state index is 0.0711. The average molecular weight is 386 g/mol. The topological polar surface area (TPSA) is 59.2 Å². The average Bonchev–Trinajstić information content (AvgIpc) is 3.08. The van der Waals surface area contributed by atoms with Crippen molar-refractivity contribution in [2.75, 3.05) is 12.5 Å². The summed E-state index contributed by atoms with van der Waals surface area (Å²) in [5.74, 6) is 0.102. The Morgan fingerprint density at radius 2 is 1.62 bits per heavy atom. The van der Waals surface area contributed by atoms with E-state index in [1.807, 2.05) is 66.7 Å². The van der Waals surface area contributed by atoms with Gasteiger partial charge in [0.1, 0.15) is 4.90 Å². The molecule has 0 atom stereocenters. The van der Waals surface area contributed by atoms with Crippen LogP contribution in [0.1, 0.15) is 0 Å². The summed E-state index contributed by atoms with van der Waals surface area (Å²) in [6.07, 6.45) is 0. The van der Waals surface area contributed by atoms with Gasteiger partial charge in [0.25, 0.3) is 10.1 Å². The molecular weight excluding hydrogens is 370 g/mol. The van der Waals surface area contributed by atoms with Crippen molar-refractivity contribution >= 4 is 43.4 Å². The maximum absolute atomic E-state index is 12.9. The molecule has 4 aromatic rings. The highest BCUT2D eigenvalue weighted by Crippen LogP contribution is 2.37. The SMILES string of the molecule is O=S(=O)(OCCCl)c1c(-c2ccccc2)[nH]c2c1ccc1ccccc12. The van der Waals surface area contributed by atoms with Crippen LogP contribution in [0.25, 0.3) is 32.9 Å². The fourth-order valence-corrected chi connectivity index (χ4v) is 4.63. The van der Waals surface area contributed by atoms with Crippen LogP contribution in [-0.2, 0) is 14.3 Å². The summed E-state index contributed by atoms with van der Waals surface area (Å²) < 4.78 is 30.9. The van der Waals surface area contributed by atoms with Crippen molar-refractivity contribution in [1.82, 2.24) is 4.98 Å². The molecule has 0 amide bonds. The van der Waals surface area contributed by atoms with E-state index >= 15 is 0 Å². The summed E-state index contributed by atoms with van der Waals surface area (Å²) in [4.78, 5) is 3.46.